The minimum absolute atomic E-state index is 0.0217. The predicted molar refractivity (Wildman–Crippen MR) is 81.8 cm³/mol. The molecule has 0 unspecified atom stereocenters. The van der Waals surface area contributed by atoms with Crippen LogP contribution in [0.25, 0.3) is 0 Å². The van der Waals surface area contributed by atoms with Crippen LogP contribution in [-0.4, -0.2) is 43.3 Å². The molecule has 0 amide bonds. The van der Waals surface area contributed by atoms with E-state index in [-0.39, 0.29) is 5.75 Å². The molecule has 2 N–H and O–H groups in total. The zero-order chi connectivity index (χ0) is 14.5. The van der Waals surface area contributed by atoms with Crippen molar-refractivity contribution in [1.29, 1.82) is 0 Å². The van der Waals surface area contributed by atoms with Gasteiger partial charge in [0.25, 0.3) is 0 Å². The van der Waals surface area contributed by atoms with Gasteiger partial charge < -0.3 is 15.2 Å². The lowest BCUT2D eigenvalue weighted by Crippen LogP contribution is -2.45. The molecule has 1 heterocycles. The molecule has 0 radical (unpaired) electrons. The molecule has 0 bridgehead atoms. The third-order valence-electron chi connectivity index (χ3n) is 3.81. The van der Waals surface area contributed by atoms with Gasteiger partial charge in [-0.3, -0.25) is 4.90 Å². The lowest BCUT2D eigenvalue weighted by Gasteiger charge is -2.35. The Kier molecular flexibility index (Phi) is 5.52. The second kappa shape index (κ2) is 7.16. The first-order valence-corrected chi connectivity index (χ1v) is 7.56. The molecule has 1 aromatic carbocycles. The predicted octanol–water partition coefficient (Wildman–Crippen LogP) is 2.80. The molecule has 2 rings (SSSR count). The van der Waals surface area contributed by atoms with Gasteiger partial charge in [-0.2, -0.15) is 0 Å². The van der Waals surface area contributed by atoms with Crippen molar-refractivity contribution in [2.24, 2.45) is 0 Å². The van der Waals surface area contributed by atoms with E-state index >= 15 is 0 Å². The van der Waals surface area contributed by atoms with Gasteiger partial charge in [-0.1, -0.05) is 24.9 Å². The van der Waals surface area contributed by atoms with Crippen molar-refractivity contribution < 1.29 is 9.84 Å². The van der Waals surface area contributed by atoms with Crippen molar-refractivity contribution >= 4 is 11.6 Å². The highest BCUT2D eigenvalue weighted by molar-refractivity contribution is 6.32. The topological polar surface area (TPSA) is 44.7 Å². The van der Waals surface area contributed by atoms with E-state index in [0.717, 1.165) is 44.6 Å². The molecule has 5 heteroatoms. The summed E-state index contributed by atoms with van der Waals surface area (Å²) in [6, 6.07) is 4.10. The van der Waals surface area contributed by atoms with E-state index in [1.807, 2.05) is 12.1 Å². The number of halogens is 1. The van der Waals surface area contributed by atoms with Gasteiger partial charge in [-0.25, -0.2) is 0 Å². The van der Waals surface area contributed by atoms with Crippen molar-refractivity contribution in [2.45, 2.75) is 25.8 Å². The zero-order valence-electron chi connectivity index (χ0n) is 12.2. The van der Waals surface area contributed by atoms with E-state index < -0.39 is 0 Å². The van der Waals surface area contributed by atoms with Gasteiger partial charge >= 0.3 is 0 Å². The SMILES string of the molecule is CCC[C@H](c1cc(Cl)c(O)c(OC)c1)N1CCNCC1. The number of ether oxygens (including phenoxy) is 1. The van der Waals surface area contributed by atoms with Gasteiger partial charge in [0.15, 0.2) is 11.5 Å². The molecule has 112 valence electrons. The number of hydrogen-bond donors (Lipinski definition) is 2. The summed E-state index contributed by atoms with van der Waals surface area (Å²) >= 11 is 6.12. The summed E-state index contributed by atoms with van der Waals surface area (Å²) in [4.78, 5) is 2.47. The first-order chi connectivity index (χ1) is 9.67. The fourth-order valence-electron chi connectivity index (χ4n) is 2.77. The highest BCUT2D eigenvalue weighted by Gasteiger charge is 2.23. The summed E-state index contributed by atoms with van der Waals surface area (Å²) < 4.78 is 5.22. The average Bonchev–Trinajstić information content (AvgIpc) is 2.48. The Morgan fingerprint density at radius 2 is 2.10 bits per heavy atom. The summed E-state index contributed by atoms with van der Waals surface area (Å²) in [7, 11) is 1.55. The third-order valence-corrected chi connectivity index (χ3v) is 4.10. The Morgan fingerprint density at radius 1 is 1.40 bits per heavy atom. The molecule has 20 heavy (non-hydrogen) atoms. The quantitative estimate of drug-likeness (QED) is 0.877. The van der Waals surface area contributed by atoms with Gasteiger partial charge in [0.05, 0.1) is 12.1 Å². The van der Waals surface area contributed by atoms with Crippen LogP contribution in [0.4, 0.5) is 0 Å². The summed E-state index contributed by atoms with van der Waals surface area (Å²) in [5.74, 6) is 0.470. The Labute approximate surface area is 125 Å². The number of nitrogens with one attached hydrogen (secondary N) is 1. The first kappa shape index (κ1) is 15.4. The van der Waals surface area contributed by atoms with Crippen LogP contribution in [0, 0.1) is 0 Å². The lowest BCUT2D eigenvalue weighted by atomic mass is 9.99. The molecule has 1 fully saturated rings. The number of piperazine rings is 1. The molecule has 0 spiro atoms. The molecular formula is C15H23ClN2O2. The Morgan fingerprint density at radius 3 is 2.70 bits per heavy atom. The first-order valence-electron chi connectivity index (χ1n) is 7.18. The number of hydrogen-bond acceptors (Lipinski definition) is 4. The number of aromatic hydroxyl groups is 1. The molecule has 4 nitrogen and oxygen atoms in total. The molecule has 1 aliphatic heterocycles. The van der Waals surface area contributed by atoms with E-state index in [4.69, 9.17) is 16.3 Å². The van der Waals surface area contributed by atoms with Crippen LogP contribution in [0.15, 0.2) is 12.1 Å². The van der Waals surface area contributed by atoms with Crippen molar-refractivity contribution in [3.8, 4) is 11.5 Å². The second-order valence-electron chi connectivity index (χ2n) is 5.14. The van der Waals surface area contributed by atoms with E-state index in [2.05, 4.69) is 17.1 Å². The number of benzene rings is 1. The maximum atomic E-state index is 9.86. The molecule has 1 aromatic rings. The summed E-state index contributed by atoms with van der Waals surface area (Å²) in [5.41, 5.74) is 1.12. The van der Waals surface area contributed by atoms with Gasteiger partial charge in [0, 0.05) is 32.2 Å². The summed E-state index contributed by atoms with van der Waals surface area (Å²) in [6.07, 6.45) is 2.18. The van der Waals surface area contributed by atoms with Crippen LogP contribution in [0.1, 0.15) is 31.4 Å². The minimum Gasteiger partial charge on any atom is -0.503 e. The molecule has 1 aliphatic rings. The number of phenols is 1. The van der Waals surface area contributed by atoms with Gasteiger partial charge in [0.1, 0.15) is 0 Å². The van der Waals surface area contributed by atoms with Gasteiger partial charge in [-0.15, -0.1) is 0 Å². The number of methoxy groups -OCH3 is 1. The Hall–Kier alpha value is -0.970. The van der Waals surface area contributed by atoms with Crippen molar-refractivity contribution in [3.63, 3.8) is 0 Å². The highest BCUT2D eigenvalue weighted by Crippen LogP contribution is 2.39. The van der Waals surface area contributed by atoms with Crippen LogP contribution in [0.3, 0.4) is 0 Å². The molecule has 1 saturated heterocycles. The molecular weight excluding hydrogens is 276 g/mol. The van der Waals surface area contributed by atoms with Crippen LogP contribution < -0.4 is 10.1 Å². The number of rotatable bonds is 5. The molecule has 0 saturated carbocycles. The number of nitrogens with zero attached hydrogens (tertiary/aromatic N) is 1. The fourth-order valence-corrected chi connectivity index (χ4v) is 2.99. The maximum absolute atomic E-state index is 9.86. The van der Waals surface area contributed by atoms with Crippen LogP contribution in [0.5, 0.6) is 11.5 Å². The van der Waals surface area contributed by atoms with Crippen molar-refractivity contribution in [2.75, 3.05) is 33.3 Å². The van der Waals surface area contributed by atoms with E-state index in [9.17, 15) is 5.11 Å². The molecule has 0 aromatic heterocycles. The van der Waals surface area contributed by atoms with E-state index in [1.54, 1.807) is 7.11 Å². The van der Waals surface area contributed by atoms with Crippen molar-refractivity contribution in [3.05, 3.63) is 22.7 Å². The monoisotopic (exact) mass is 298 g/mol. The van der Waals surface area contributed by atoms with E-state index in [1.165, 1.54) is 0 Å². The summed E-state index contributed by atoms with van der Waals surface area (Å²) in [6.45, 7) is 6.29. The summed E-state index contributed by atoms with van der Waals surface area (Å²) in [5, 5.41) is 13.6. The average molecular weight is 299 g/mol. The molecule has 1 atom stereocenters. The van der Waals surface area contributed by atoms with Crippen LogP contribution in [0.2, 0.25) is 5.02 Å². The second-order valence-corrected chi connectivity index (χ2v) is 5.55. The van der Waals surface area contributed by atoms with Gasteiger partial charge in [0.2, 0.25) is 0 Å². The largest absolute Gasteiger partial charge is 0.503 e. The minimum atomic E-state index is 0.0217. The van der Waals surface area contributed by atoms with Crippen LogP contribution >= 0.6 is 11.6 Å². The normalized spacial score (nSPS) is 17.9. The molecule has 0 aliphatic carbocycles. The zero-order valence-corrected chi connectivity index (χ0v) is 12.9. The smallest absolute Gasteiger partial charge is 0.176 e. The number of phenolic OH excluding ortho intramolecular Hbond substituents is 1. The van der Waals surface area contributed by atoms with E-state index in [0.29, 0.717) is 16.8 Å². The highest BCUT2D eigenvalue weighted by atomic mass is 35.5. The lowest BCUT2D eigenvalue weighted by molar-refractivity contribution is 0.164. The third kappa shape index (κ3) is 3.37. The standard InChI is InChI=1S/C15H23ClN2O2/c1-3-4-13(18-7-5-17-6-8-18)11-9-12(16)15(19)14(10-11)20-2/h9-10,13,17,19H,3-8H2,1-2H3/t13-/m1/s1. The van der Waals surface area contributed by atoms with Crippen LogP contribution in [-0.2, 0) is 0 Å². The fraction of sp³-hybridized carbons (Fsp3) is 0.600. The Bertz CT molecular complexity index is 448. The van der Waals surface area contributed by atoms with Crippen molar-refractivity contribution in [1.82, 2.24) is 10.2 Å². The van der Waals surface area contributed by atoms with Gasteiger partial charge in [-0.05, 0) is 24.1 Å². The maximum Gasteiger partial charge on any atom is 0.176 e. The Balaban J connectivity index is 2.30.